The molecule has 2 heterocycles. The molecular weight excluding hydrogens is 332 g/mol. The summed E-state index contributed by atoms with van der Waals surface area (Å²) in [5.74, 6) is 2.12. The van der Waals surface area contributed by atoms with Crippen LogP contribution in [-0.2, 0) is 16.0 Å². The third-order valence-electron chi connectivity index (χ3n) is 5.25. The van der Waals surface area contributed by atoms with Gasteiger partial charge in [-0.15, -0.1) is 0 Å². The van der Waals surface area contributed by atoms with Crippen molar-refractivity contribution in [1.82, 2.24) is 9.80 Å². The predicted octanol–water partition coefficient (Wildman–Crippen LogP) is 1.86. The van der Waals surface area contributed by atoms with Gasteiger partial charge in [0, 0.05) is 38.5 Å². The minimum absolute atomic E-state index is 0.111. The smallest absolute Gasteiger partial charge is 0.227 e. The average molecular weight is 358 g/mol. The molecule has 0 bridgehead atoms. The second kappa shape index (κ2) is 7.56. The summed E-state index contributed by atoms with van der Waals surface area (Å²) in [5.41, 5.74) is 0.939. The van der Waals surface area contributed by atoms with Gasteiger partial charge >= 0.3 is 0 Å². The number of fused-ring (bicyclic) bond motifs is 1. The summed E-state index contributed by atoms with van der Waals surface area (Å²) in [6, 6.07) is 5.74. The van der Waals surface area contributed by atoms with Crippen molar-refractivity contribution in [1.29, 1.82) is 0 Å². The van der Waals surface area contributed by atoms with Crippen LogP contribution in [0.5, 0.6) is 11.5 Å². The van der Waals surface area contributed by atoms with Gasteiger partial charge in [-0.2, -0.15) is 0 Å². The molecule has 2 amide bonds. The van der Waals surface area contributed by atoms with Crippen molar-refractivity contribution in [2.45, 2.75) is 32.1 Å². The molecule has 6 nitrogen and oxygen atoms in total. The maximum atomic E-state index is 12.7. The number of rotatable bonds is 3. The zero-order valence-electron chi connectivity index (χ0n) is 15.1. The Bertz CT molecular complexity index is 686. The molecule has 1 aromatic carbocycles. The van der Waals surface area contributed by atoms with Crippen molar-refractivity contribution < 1.29 is 19.1 Å². The molecule has 3 aliphatic rings. The normalized spacial score (nSPS) is 20.3. The second-order valence-electron chi connectivity index (χ2n) is 7.34. The molecule has 1 saturated heterocycles. The van der Waals surface area contributed by atoms with Crippen LogP contribution in [0.3, 0.4) is 0 Å². The molecule has 0 N–H and O–H groups in total. The van der Waals surface area contributed by atoms with Crippen LogP contribution >= 0.6 is 0 Å². The van der Waals surface area contributed by atoms with Gasteiger partial charge in [-0.1, -0.05) is 6.07 Å². The molecule has 0 unspecified atom stereocenters. The van der Waals surface area contributed by atoms with E-state index in [0.717, 1.165) is 55.8 Å². The van der Waals surface area contributed by atoms with Crippen LogP contribution in [-0.4, -0.2) is 61.0 Å². The van der Waals surface area contributed by atoms with Crippen LogP contribution in [0.1, 0.15) is 31.2 Å². The number of hydrogen-bond acceptors (Lipinski definition) is 4. The highest BCUT2D eigenvalue weighted by Gasteiger charge is 2.34. The maximum Gasteiger partial charge on any atom is 0.227 e. The zero-order valence-corrected chi connectivity index (χ0v) is 15.1. The Morgan fingerprint density at radius 2 is 1.65 bits per heavy atom. The van der Waals surface area contributed by atoms with Gasteiger partial charge < -0.3 is 19.3 Å². The van der Waals surface area contributed by atoms with Gasteiger partial charge in [0.2, 0.25) is 11.8 Å². The first kappa shape index (κ1) is 17.2. The molecule has 6 heteroatoms. The average Bonchev–Trinajstić information content (AvgIpc) is 3.48. The fourth-order valence-electron chi connectivity index (χ4n) is 3.58. The molecule has 26 heavy (non-hydrogen) atoms. The van der Waals surface area contributed by atoms with E-state index in [1.807, 2.05) is 28.0 Å². The number of ether oxygens (including phenoxy) is 2. The van der Waals surface area contributed by atoms with Crippen molar-refractivity contribution in [2.75, 3.05) is 39.4 Å². The minimum Gasteiger partial charge on any atom is -0.490 e. The maximum absolute atomic E-state index is 12.7. The van der Waals surface area contributed by atoms with Crippen molar-refractivity contribution in [3.05, 3.63) is 23.8 Å². The van der Waals surface area contributed by atoms with Crippen LogP contribution in [0.4, 0.5) is 0 Å². The lowest BCUT2D eigenvalue weighted by molar-refractivity contribution is -0.134. The Balaban J connectivity index is 1.35. The van der Waals surface area contributed by atoms with Gasteiger partial charge in [-0.05, 0) is 37.0 Å². The SMILES string of the molecule is O=C(Cc1ccc2c(c1)OCCCO2)N1CCCN(C(=O)C2CC2)CC1. The molecule has 2 fully saturated rings. The summed E-state index contributed by atoms with van der Waals surface area (Å²) >= 11 is 0. The summed E-state index contributed by atoms with van der Waals surface area (Å²) in [7, 11) is 0. The van der Waals surface area contributed by atoms with Crippen LogP contribution in [0.15, 0.2) is 18.2 Å². The first-order valence-electron chi connectivity index (χ1n) is 9.66. The Morgan fingerprint density at radius 1 is 0.923 bits per heavy atom. The highest BCUT2D eigenvalue weighted by Crippen LogP contribution is 2.32. The molecule has 1 aliphatic carbocycles. The van der Waals surface area contributed by atoms with Crippen LogP contribution in [0, 0.1) is 5.92 Å². The summed E-state index contributed by atoms with van der Waals surface area (Å²) in [4.78, 5) is 28.8. The van der Waals surface area contributed by atoms with E-state index in [1.165, 1.54) is 0 Å². The second-order valence-corrected chi connectivity index (χ2v) is 7.34. The number of nitrogens with zero attached hydrogens (tertiary/aromatic N) is 2. The van der Waals surface area contributed by atoms with Gasteiger partial charge in [0.05, 0.1) is 19.6 Å². The molecule has 1 saturated carbocycles. The van der Waals surface area contributed by atoms with Gasteiger partial charge in [-0.3, -0.25) is 9.59 Å². The molecule has 0 aromatic heterocycles. The molecule has 140 valence electrons. The van der Waals surface area contributed by atoms with E-state index in [-0.39, 0.29) is 17.7 Å². The lowest BCUT2D eigenvalue weighted by Gasteiger charge is -2.22. The standard InChI is InChI=1S/C20H26N2O4/c23-19(14-15-3-6-17-18(13-15)26-12-2-11-25-17)21-7-1-8-22(10-9-21)20(24)16-4-5-16/h3,6,13,16H,1-2,4-5,7-12,14H2. The minimum atomic E-state index is 0.111. The van der Waals surface area contributed by atoms with Gasteiger partial charge in [0.1, 0.15) is 0 Å². The van der Waals surface area contributed by atoms with Gasteiger partial charge in [-0.25, -0.2) is 0 Å². The molecule has 2 aliphatic heterocycles. The number of benzene rings is 1. The summed E-state index contributed by atoms with van der Waals surface area (Å²) in [5, 5.41) is 0. The summed E-state index contributed by atoms with van der Waals surface area (Å²) in [6.07, 6.45) is 4.13. The Kier molecular flexibility index (Phi) is 5.00. The highest BCUT2D eigenvalue weighted by molar-refractivity contribution is 5.82. The Hall–Kier alpha value is -2.24. The first-order chi connectivity index (χ1) is 12.7. The van der Waals surface area contributed by atoms with Crippen LogP contribution in [0.2, 0.25) is 0 Å². The zero-order chi connectivity index (χ0) is 17.9. The number of carbonyl (C=O) groups excluding carboxylic acids is 2. The molecule has 4 rings (SSSR count). The van der Waals surface area contributed by atoms with E-state index in [2.05, 4.69) is 0 Å². The van der Waals surface area contributed by atoms with Gasteiger partial charge in [0.25, 0.3) is 0 Å². The van der Waals surface area contributed by atoms with Crippen LogP contribution < -0.4 is 9.47 Å². The van der Waals surface area contributed by atoms with Gasteiger partial charge in [0.15, 0.2) is 11.5 Å². The third-order valence-corrected chi connectivity index (χ3v) is 5.25. The van der Waals surface area contributed by atoms with Crippen molar-refractivity contribution in [3.63, 3.8) is 0 Å². The highest BCUT2D eigenvalue weighted by atomic mass is 16.5. The predicted molar refractivity (Wildman–Crippen MR) is 96.3 cm³/mol. The first-order valence-corrected chi connectivity index (χ1v) is 9.66. The van der Waals surface area contributed by atoms with Crippen LogP contribution in [0.25, 0.3) is 0 Å². The fraction of sp³-hybridized carbons (Fsp3) is 0.600. The van der Waals surface area contributed by atoms with E-state index in [9.17, 15) is 9.59 Å². The Morgan fingerprint density at radius 3 is 2.46 bits per heavy atom. The topological polar surface area (TPSA) is 59.1 Å². The van der Waals surface area contributed by atoms with E-state index in [4.69, 9.17) is 9.47 Å². The van der Waals surface area contributed by atoms with Crippen molar-refractivity contribution in [2.24, 2.45) is 5.92 Å². The van der Waals surface area contributed by atoms with Crippen molar-refractivity contribution >= 4 is 11.8 Å². The number of amides is 2. The lowest BCUT2D eigenvalue weighted by atomic mass is 10.1. The van der Waals surface area contributed by atoms with E-state index in [1.54, 1.807) is 0 Å². The van der Waals surface area contributed by atoms with E-state index in [0.29, 0.717) is 32.7 Å². The monoisotopic (exact) mass is 358 g/mol. The summed E-state index contributed by atoms with van der Waals surface area (Å²) in [6.45, 7) is 4.07. The lowest BCUT2D eigenvalue weighted by Crippen LogP contribution is -2.38. The largest absolute Gasteiger partial charge is 0.490 e. The molecule has 0 atom stereocenters. The molecule has 0 radical (unpaired) electrons. The molecular formula is C20H26N2O4. The molecule has 1 aromatic rings. The quantitative estimate of drug-likeness (QED) is 0.828. The molecule has 0 spiro atoms. The van der Waals surface area contributed by atoms with E-state index < -0.39 is 0 Å². The Labute approximate surface area is 154 Å². The third kappa shape index (κ3) is 3.94. The summed E-state index contributed by atoms with van der Waals surface area (Å²) < 4.78 is 11.4. The number of carbonyl (C=O) groups is 2. The van der Waals surface area contributed by atoms with E-state index >= 15 is 0 Å². The number of hydrogen-bond donors (Lipinski definition) is 0. The fourth-order valence-corrected chi connectivity index (χ4v) is 3.58. The van der Waals surface area contributed by atoms with Crippen molar-refractivity contribution in [3.8, 4) is 11.5 Å².